The van der Waals surface area contributed by atoms with Crippen molar-refractivity contribution in [3.05, 3.63) is 35.9 Å². The van der Waals surface area contributed by atoms with E-state index in [1.165, 1.54) is 63.7 Å². The Morgan fingerprint density at radius 1 is 0.786 bits per heavy atom. The molecule has 0 aliphatic heterocycles. The largest absolute Gasteiger partial charge is 0.466 e. The van der Waals surface area contributed by atoms with Gasteiger partial charge in [0.25, 0.3) is 0 Å². The molecule has 1 rings (SSSR count). The molecule has 3 heteroatoms. The van der Waals surface area contributed by atoms with Gasteiger partial charge in [-0.15, -0.1) is 0 Å². The van der Waals surface area contributed by atoms with E-state index in [2.05, 4.69) is 45.0 Å². The fourth-order valence-electron chi connectivity index (χ4n) is 3.81. The molecule has 1 aromatic rings. The van der Waals surface area contributed by atoms with Gasteiger partial charge in [0.2, 0.25) is 0 Å². The summed E-state index contributed by atoms with van der Waals surface area (Å²) in [5, 5.41) is 0. The molecule has 0 bridgehead atoms. The fraction of sp³-hybridized carbons (Fsp3) is 0.720. The third kappa shape index (κ3) is 10.8. The molecule has 0 aromatic heterocycles. The normalized spacial score (nSPS) is 11.5. The second-order valence-corrected chi connectivity index (χ2v) is 8.21. The number of benzene rings is 1. The molecule has 0 saturated carbocycles. The van der Waals surface area contributed by atoms with Crippen LogP contribution in [0.4, 0.5) is 0 Å². The topological polar surface area (TPSA) is 26.3 Å². The summed E-state index contributed by atoms with van der Waals surface area (Å²) in [5.41, 5.74) is 1.36. The van der Waals surface area contributed by atoms with E-state index in [0.29, 0.717) is 13.0 Å². The summed E-state index contributed by atoms with van der Waals surface area (Å²) >= 11 is 0. The SMILES string of the molecule is CCCC[N+](CCCC)(CCCC)CCC(=O)OCCCCc1ccccc1. The van der Waals surface area contributed by atoms with Crippen molar-refractivity contribution < 1.29 is 14.0 Å². The number of ether oxygens (including phenoxy) is 1. The molecule has 0 amide bonds. The average molecular weight is 391 g/mol. The summed E-state index contributed by atoms with van der Waals surface area (Å²) in [7, 11) is 0. The lowest BCUT2D eigenvalue weighted by Crippen LogP contribution is -2.51. The Balaban J connectivity index is 2.36. The fourth-order valence-corrected chi connectivity index (χ4v) is 3.81. The van der Waals surface area contributed by atoms with Gasteiger partial charge in [0.15, 0.2) is 0 Å². The van der Waals surface area contributed by atoms with Gasteiger partial charge in [0.1, 0.15) is 0 Å². The van der Waals surface area contributed by atoms with Gasteiger partial charge in [-0.3, -0.25) is 4.79 Å². The zero-order valence-corrected chi connectivity index (χ0v) is 18.8. The lowest BCUT2D eigenvalue weighted by molar-refractivity contribution is -0.928. The van der Waals surface area contributed by atoms with E-state index in [4.69, 9.17) is 4.74 Å². The molecule has 0 heterocycles. The summed E-state index contributed by atoms with van der Waals surface area (Å²) in [6.45, 7) is 11.9. The maximum absolute atomic E-state index is 12.3. The smallest absolute Gasteiger partial charge is 0.311 e. The zero-order chi connectivity index (χ0) is 20.5. The maximum atomic E-state index is 12.3. The Hall–Kier alpha value is -1.35. The van der Waals surface area contributed by atoms with E-state index < -0.39 is 0 Å². The van der Waals surface area contributed by atoms with Crippen molar-refractivity contribution in [2.45, 2.75) is 85.0 Å². The van der Waals surface area contributed by atoms with Crippen LogP contribution in [0.5, 0.6) is 0 Å². The number of rotatable bonds is 17. The summed E-state index contributed by atoms with van der Waals surface area (Å²) in [6, 6.07) is 10.5. The van der Waals surface area contributed by atoms with Crippen molar-refractivity contribution in [3.63, 3.8) is 0 Å². The predicted octanol–water partition coefficient (Wildman–Crippen LogP) is 6.16. The number of unbranched alkanes of at least 4 members (excludes halogenated alkanes) is 4. The minimum atomic E-state index is -0.00768. The number of nitrogens with zero attached hydrogens (tertiary/aromatic N) is 1. The molecule has 0 saturated heterocycles. The average Bonchev–Trinajstić information content (AvgIpc) is 2.73. The van der Waals surface area contributed by atoms with Gasteiger partial charge >= 0.3 is 5.97 Å². The van der Waals surface area contributed by atoms with Crippen LogP contribution >= 0.6 is 0 Å². The molecule has 0 aliphatic carbocycles. The standard InChI is InChI=1S/C25H44NO2/c1-4-7-19-26(20-8-5-2,21-9-6-3)22-18-25(27)28-23-14-13-17-24-15-11-10-12-16-24/h10-12,15-16H,4-9,13-14,17-23H2,1-3H3/q+1. The van der Waals surface area contributed by atoms with Gasteiger partial charge in [-0.1, -0.05) is 70.4 Å². The zero-order valence-electron chi connectivity index (χ0n) is 18.8. The van der Waals surface area contributed by atoms with E-state index in [1.807, 2.05) is 6.07 Å². The summed E-state index contributed by atoms with van der Waals surface area (Å²) < 4.78 is 6.65. The third-order valence-corrected chi connectivity index (χ3v) is 5.71. The first-order chi connectivity index (χ1) is 13.7. The lowest BCUT2D eigenvalue weighted by Gasteiger charge is -2.39. The second kappa shape index (κ2) is 15.6. The highest BCUT2D eigenvalue weighted by Crippen LogP contribution is 2.16. The van der Waals surface area contributed by atoms with Crippen LogP contribution in [0, 0.1) is 0 Å². The molecule has 28 heavy (non-hydrogen) atoms. The van der Waals surface area contributed by atoms with Gasteiger partial charge in [0.05, 0.1) is 39.2 Å². The minimum Gasteiger partial charge on any atom is -0.466 e. The molecule has 1 aromatic carbocycles. The molecular formula is C25H44NO2+. The number of carbonyl (C=O) groups excluding carboxylic acids is 1. The first kappa shape index (κ1) is 24.7. The molecule has 0 atom stereocenters. The number of aryl methyl sites for hydroxylation is 1. The van der Waals surface area contributed by atoms with Crippen LogP contribution in [-0.2, 0) is 16.0 Å². The molecule has 0 N–H and O–H groups in total. The quantitative estimate of drug-likeness (QED) is 0.181. The molecule has 3 nitrogen and oxygen atoms in total. The summed E-state index contributed by atoms with van der Waals surface area (Å²) in [6.07, 6.45) is 11.1. The molecule has 0 spiro atoms. The molecule has 0 aliphatic rings. The monoisotopic (exact) mass is 390 g/mol. The van der Waals surface area contributed by atoms with Crippen molar-refractivity contribution in [1.29, 1.82) is 0 Å². The lowest BCUT2D eigenvalue weighted by atomic mass is 10.1. The van der Waals surface area contributed by atoms with Crippen LogP contribution in [0.25, 0.3) is 0 Å². The van der Waals surface area contributed by atoms with E-state index in [0.717, 1.165) is 30.3 Å². The first-order valence-electron chi connectivity index (χ1n) is 11.7. The van der Waals surface area contributed by atoms with Gasteiger partial charge < -0.3 is 9.22 Å². The minimum absolute atomic E-state index is 0.00768. The molecule has 0 fully saturated rings. The molecule has 0 radical (unpaired) electrons. The van der Waals surface area contributed by atoms with Gasteiger partial charge in [-0.25, -0.2) is 0 Å². The van der Waals surface area contributed by atoms with Crippen molar-refractivity contribution in [3.8, 4) is 0 Å². The molecule has 160 valence electrons. The Bertz CT molecular complexity index is 479. The van der Waals surface area contributed by atoms with Crippen molar-refractivity contribution in [2.75, 3.05) is 32.8 Å². The van der Waals surface area contributed by atoms with Gasteiger partial charge in [-0.05, 0) is 44.1 Å². The van der Waals surface area contributed by atoms with E-state index in [9.17, 15) is 4.79 Å². The van der Waals surface area contributed by atoms with Crippen LogP contribution in [0.15, 0.2) is 30.3 Å². The highest BCUT2D eigenvalue weighted by atomic mass is 16.5. The van der Waals surface area contributed by atoms with Crippen molar-refractivity contribution in [1.82, 2.24) is 0 Å². The van der Waals surface area contributed by atoms with E-state index >= 15 is 0 Å². The van der Waals surface area contributed by atoms with Crippen LogP contribution in [-0.4, -0.2) is 43.2 Å². The van der Waals surface area contributed by atoms with Crippen LogP contribution in [0.2, 0.25) is 0 Å². The highest BCUT2D eigenvalue weighted by molar-refractivity contribution is 5.69. The predicted molar refractivity (Wildman–Crippen MR) is 119 cm³/mol. The van der Waals surface area contributed by atoms with Crippen LogP contribution < -0.4 is 0 Å². The number of carbonyl (C=O) groups is 1. The summed E-state index contributed by atoms with van der Waals surface area (Å²) in [4.78, 5) is 12.3. The van der Waals surface area contributed by atoms with Crippen LogP contribution in [0.1, 0.15) is 84.1 Å². The number of hydrogen-bond donors (Lipinski definition) is 0. The van der Waals surface area contributed by atoms with Crippen molar-refractivity contribution >= 4 is 5.97 Å². The Labute approximate surface area is 174 Å². The summed E-state index contributed by atoms with van der Waals surface area (Å²) in [5.74, 6) is -0.00768. The highest BCUT2D eigenvalue weighted by Gasteiger charge is 2.26. The first-order valence-corrected chi connectivity index (χ1v) is 11.7. The van der Waals surface area contributed by atoms with Crippen LogP contribution in [0.3, 0.4) is 0 Å². The Morgan fingerprint density at radius 3 is 1.89 bits per heavy atom. The second-order valence-electron chi connectivity index (χ2n) is 8.21. The molecular weight excluding hydrogens is 346 g/mol. The van der Waals surface area contributed by atoms with Crippen molar-refractivity contribution in [2.24, 2.45) is 0 Å². The number of quaternary nitrogens is 1. The number of esters is 1. The Morgan fingerprint density at radius 2 is 1.36 bits per heavy atom. The van der Waals surface area contributed by atoms with Gasteiger partial charge in [-0.2, -0.15) is 0 Å². The third-order valence-electron chi connectivity index (χ3n) is 5.71. The molecule has 0 unspecified atom stereocenters. The maximum Gasteiger partial charge on any atom is 0.311 e. The Kier molecular flexibility index (Phi) is 13.7. The number of hydrogen-bond acceptors (Lipinski definition) is 2. The van der Waals surface area contributed by atoms with E-state index in [-0.39, 0.29) is 5.97 Å². The van der Waals surface area contributed by atoms with Gasteiger partial charge in [0, 0.05) is 0 Å². The van der Waals surface area contributed by atoms with E-state index in [1.54, 1.807) is 0 Å².